The number of alkyl halides is 1. The number of carbonyl (C=O) groups excluding carboxylic acids is 1. The number of halogens is 1. The van der Waals surface area contributed by atoms with Gasteiger partial charge in [0, 0.05) is 11.6 Å². The molecule has 1 atom stereocenters. The summed E-state index contributed by atoms with van der Waals surface area (Å²) in [4.78, 5) is 15.8. The van der Waals surface area contributed by atoms with Crippen LogP contribution in [0.15, 0.2) is 36.5 Å². The van der Waals surface area contributed by atoms with Gasteiger partial charge in [0.1, 0.15) is 5.69 Å². The van der Waals surface area contributed by atoms with E-state index in [2.05, 4.69) is 20.9 Å². The van der Waals surface area contributed by atoms with Crippen LogP contribution in [0, 0.1) is 0 Å². The number of nitrogens with zero attached hydrogens (tertiary/aromatic N) is 1. The van der Waals surface area contributed by atoms with Crippen LogP contribution < -0.4 is 0 Å². The number of benzene rings is 1. The van der Waals surface area contributed by atoms with Crippen molar-refractivity contribution in [2.45, 2.75) is 11.8 Å². The van der Waals surface area contributed by atoms with Crippen LogP contribution in [0.4, 0.5) is 0 Å². The minimum Gasteiger partial charge on any atom is -0.291 e. The molecule has 0 aliphatic carbocycles. The summed E-state index contributed by atoms with van der Waals surface area (Å²) < 4.78 is 0. The molecule has 2 rings (SSSR count). The molecule has 0 saturated heterocycles. The van der Waals surface area contributed by atoms with Crippen molar-refractivity contribution in [1.82, 2.24) is 4.98 Å². The molecule has 0 N–H and O–H groups in total. The van der Waals surface area contributed by atoms with Gasteiger partial charge in [0.2, 0.25) is 0 Å². The molecule has 1 aromatic heterocycles. The van der Waals surface area contributed by atoms with Gasteiger partial charge in [-0.2, -0.15) is 0 Å². The van der Waals surface area contributed by atoms with E-state index in [0.717, 1.165) is 10.8 Å². The molecule has 0 saturated carbocycles. The highest BCUT2D eigenvalue weighted by Crippen LogP contribution is 2.19. The van der Waals surface area contributed by atoms with Gasteiger partial charge in [-0.05, 0) is 18.4 Å². The van der Waals surface area contributed by atoms with Crippen molar-refractivity contribution in [3.05, 3.63) is 42.2 Å². The van der Waals surface area contributed by atoms with Crippen molar-refractivity contribution in [2.75, 3.05) is 0 Å². The molecule has 0 fully saturated rings. The van der Waals surface area contributed by atoms with E-state index in [0.29, 0.717) is 5.69 Å². The average molecular weight is 264 g/mol. The fourth-order valence-electron chi connectivity index (χ4n) is 1.50. The van der Waals surface area contributed by atoms with Gasteiger partial charge in [0.15, 0.2) is 5.78 Å². The Kier molecular flexibility index (Phi) is 2.82. The van der Waals surface area contributed by atoms with Crippen molar-refractivity contribution in [1.29, 1.82) is 0 Å². The van der Waals surface area contributed by atoms with Gasteiger partial charge in [-0.25, -0.2) is 0 Å². The predicted octanol–water partition coefficient (Wildman–Crippen LogP) is 3.20. The third-order valence-corrected chi connectivity index (χ3v) is 2.68. The van der Waals surface area contributed by atoms with E-state index in [-0.39, 0.29) is 10.6 Å². The summed E-state index contributed by atoms with van der Waals surface area (Å²) in [5.74, 6) is 0.0202. The largest absolute Gasteiger partial charge is 0.291 e. The third-order valence-electron chi connectivity index (χ3n) is 2.27. The van der Waals surface area contributed by atoms with Crippen LogP contribution in [0.3, 0.4) is 0 Å². The SMILES string of the molecule is CC(Br)C(=O)c1nccc2ccccc12. The Hall–Kier alpha value is -1.22. The second-order valence-corrected chi connectivity index (χ2v) is 4.73. The van der Waals surface area contributed by atoms with E-state index in [1.165, 1.54) is 0 Å². The Balaban J connectivity index is 2.66. The number of carbonyl (C=O) groups is 1. The number of hydrogen-bond donors (Lipinski definition) is 0. The van der Waals surface area contributed by atoms with Gasteiger partial charge < -0.3 is 0 Å². The zero-order valence-electron chi connectivity index (χ0n) is 8.27. The lowest BCUT2D eigenvalue weighted by molar-refractivity contribution is 0.0993. The Morgan fingerprint density at radius 2 is 2.07 bits per heavy atom. The zero-order valence-corrected chi connectivity index (χ0v) is 9.86. The molecule has 1 heterocycles. The lowest BCUT2D eigenvalue weighted by Gasteiger charge is -2.05. The minimum atomic E-state index is -0.198. The zero-order chi connectivity index (χ0) is 10.8. The average Bonchev–Trinajstić information content (AvgIpc) is 2.27. The molecule has 76 valence electrons. The molecule has 3 heteroatoms. The molecule has 2 nitrogen and oxygen atoms in total. The number of Topliss-reactive ketones (excluding diaryl/α,β-unsaturated/α-hetero) is 1. The maximum Gasteiger partial charge on any atom is 0.195 e. The number of pyridine rings is 1. The highest BCUT2D eigenvalue weighted by atomic mass is 79.9. The fourth-order valence-corrected chi connectivity index (χ4v) is 1.72. The molecule has 0 spiro atoms. The van der Waals surface area contributed by atoms with Gasteiger partial charge in [-0.3, -0.25) is 9.78 Å². The number of hydrogen-bond acceptors (Lipinski definition) is 2. The molecule has 2 aromatic rings. The molecule has 0 bridgehead atoms. The molecule has 0 radical (unpaired) electrons. The van der Waals surface area contributed by atoms with Crippen LogP contribution >= 0.6 is 15.9 Å². The van der Waals surface area contributed by atoms with E-state index >= 15 is 0 Å². The Morgan fingerprint density at radius 1 is 1.33 bits per heavy atom. The normalized spacial score (nSPS) is 12.7. The Labute approximate surface area is 96.5 Å². The second-order valence-electron chi connectivity index (χ2n) is 3.36. The van der Waals surface area contributed by atoms with Gasteiger partial charge in [0.05, 0.1) is 4.83 Å². The lowest BCUT2D eigenvalue weighted by atomic mass is 10.1. The standard InChI is InChI=1S/C12H10BrNO/c1-8(13)12(15)11-10-5-3-2-4-9(10)6-7-14-11/h2-8H,1H3. The van der Waals surface area contributed by atoms with Crippen molar-refractivity contribution >= 4 is 32.5 Å². The summed E-state index contributed by atoms with van der Waals surface area (Å²) in [5.41, 5.74) is 0.539. The van der Waals surface area contributed by atoms with Crippen molar-refractivity contribution < 1.29 is 4.79 Å². The van der Waals surface area contributed by atoms with Gasteiger partial charge in [-0.1, -0.05) is 40.2 Å². The molecule has 0 aliphatic heterocycles. The summed E-state index contributed by atoms with van der Waals surface area (Å²) in [6.45, 7) is 1.81. The summed E-state index contributed by atoms with van der Waals surface area (Å²) in [6, 6.07) is 9.68. The van der Waals surface area contributed by atoms with Gasteiger partial charge >= 0.3 is 0 Å². The van der Waals surface area contributed by atoms with E-state index in [1.807, 2.05) is 37.3 Å². The highest BCUT2D eigenvalue weighted by Gasteiger charge is 2.15. The second kappa shape index (κ2) is 4.11. The van der Waals surface area contributed by atoms with Crippen LogP contribution in [-0.2, 0) is 0 Å². The minimum absolute atomic E-state index is 0.0202. The molecular weight excluding hydrogens is 254 g/mol. The summed E-state index contributed by atoms with van der Waals surface area (Å²) >= 11 is 3.27. The predicted molar refractivity (Wildman–Crippen MR) is 64.5 cm³/mol. The maximum absolute atomic E-state index is 11.8. The first-order valence-corrected chi connectivity index (χ1v) is 5.64. The van der Waals surface area contributed by atoms with Crippen LogP contribution in [-0.4, -0.2) is 15.6 Å². The number of aromatic nitrogens is 1. The molecule has 1 aromatic carbocycles. The van der Waals surface area contributed by atoms with Crippen molar-refractivity contribution in [3.63, 3.8) is 0 Å². The smallest absolute Gasteiger partial charge is 0.195 e. The number of ketones is 1. The quantitative estimate of drug-likeness (QED) is 0.615. The van der Waals surface area contributed by atoms with E-state index in [9.17, 15) is 4.79 Å². The molecule has 15 heavy (non-hydrogen) atoms. The molecule has 1 unspecified atom stereocenters. The Bertz CT molecular complexity index is 502. The first-order chi connectivity index (χ1) is 7.20. The van der Waals surface area contributed by atoms with Crippen molar-refractivity contribution in [2.24, 2.45) is 0 Å². The molecule has 0 aliphatic rings. The first kappa shape index (κ1) is 10.3. The summed E-state index contributed by atoms with van der Waals surface area (Å²) in [7, 11) is 0. The summed E-state index contributed by atoms with van der Waals surface area (Å²) in [6.07, 6.45) is 1.67. The van der Waals surface area contributed by atoms with E-state index in [1.54, 1.807) is 6.20 Å². The van der Waals surface area contributed by atoms with Gasteiger partial charge in [-0.15, -0.1) is 0 Å². The van der Waals surface area contributed by atoms with Crippen LogP contribution in [0.25, 0.3) is 10.8 Å². The molecule has 0 amide bonds. The van der Waals surface area contributed by atoms with Crippen LogP contribution in [0.2, 0.25) is 0 Å². The van der Waals surface area contributed by atoms with Crippen LogP contribution in [0.5, 0.6) is 0 Å². The highest BCUT2D eigenvalue weighted by molar-refractivity contribution is 9.10. The van der Waals surface area contributed by atoms with E-state index in [4.69, 9.17) is 0 Å². The van der Waals surface area contributed by atoms with Gasteiger partial charge in [0.25, 0.3) is 0 Å². The number of rotatable bonds is 2. The third kappa shape index (κ3) is 1.92. The Morgan fingerprint density at radius 3 is 2.80 bits per heavy atom. The first-order valence-electron chi connectivity index (χ1n) is 4.72. The van der Waals surface area contributed by atoms with E-state index < -0.39 is 0 Å². The topological polar surface area (TPSA) is 30.0 Å². The monoisotopic (exact) mass is 263 g/mol. The van der Waals surface area contributed by atoms with Crippen molar-refractivity contribution in [3.8, 4) is 0 Å². The lowest BCUT2D eigenvalue weighted by Crippen LogP contribution is -2.12. The molecular formula is C12H10BrNO. The maximum atomic E-state index is 11.8. The van der Waals surface area contributed by atoms with Crippen LogP contribution in [0.1, 0.15) is 17.4 Å². The fraction of sp³-hybridized carbons (Fsp3) is 0.167. The summed E-state index contributed by atoms with van der Waals surface area (Å²) in [5, 5.41) is 1.96. The number of fused-ring (bicyclic) bond motifs is 1.